The second-order valence-corrected chi connectivity index (χ2v) is 6.29. The van der Waals surface area contributed by atoms with E-state index in [4.69, 9.17) is 12.6 Å². The zero-order chi connectivity index (χ0) is 12.8. The van der Waals surface area contributed by atoms with Gasteiger partial charge in [-0.2, -0.15) is 5.25 Å². The molecule has 0 fully saturated rings. The van der Waals surface area contributed by atoms with Gasteiger partial charge < -0.3 is 12.6 Å². The minimum absolute atomic E-state index is 0. The molecule has 0 spiro atoms. The maximum absolute atomic E-state index is 5.16. The van der Waals surface area contributed by atoms with Crippen molar-refractivity contribution in [2.75, 3.05) is 0 Å². The average molecular weight is 280 g/mol. The Balaban J connectivity index is 0. The minimum Gasteiger partial charge on any atom is -0.789 e. The Morgan fingerprint density at radius 2 is 1.00 bits per heavy atom. The van der Waals surface area contributed by atoms with Gasteiger partial charge in [-0.15, -0.1) is 0 Å². The first-order chi connectivity index (χ1) is 8.27. The van der Waals surface area contributed by atoms with Crippen molar-refractivity contribution < 1.29 is 29.6 Å². The van der Waals surface area contributed by atoms with E-state index < -0.39 is 0 Å². The molecular weight excluding hydrogens is 247 g/mol. The summed E-state index contributed by atoms with van der Waals surface area (Å²) in [5, 5.41) is 0.484. The van der Waals surface area contributed by atoms with Crippen LogP contribution in [-0.4, -0.2) is 5.25 Å². The third kappa shape index (κ3) is 19.7. The van der Waals surface area contributed by atoms with E-state index in [1.165, 1.54) is 83.5 Å². The van der Waals surface area contributed by atoms with Gasteiger partial charge in [-0.25, -0.2) is 0 Å². The molecule has 0 amide bonds. The summed E-state index contributed by atoms with van der Waals surface area (Å²) in [6.45, 7) is 4.43. The van der Waals surface area contributed by atoms with Crippen LogP contribution in [0.4, 0.5) is 0 Å². The fraction of sp³-hybridized carbons (Fsp3) is 1.00. The quantitative estimate of drug-likeness (QED) is 0.284. The van der Waals surface area contributed by atoms with Crippen molar-refractivity contribution in [2.24, 2.45) is 0 Å². The van der Waals surface area contributed by atoms with E-state index in [1.54, 1.807) is 0 Å². The summed E-state index contributed by atoms with van der Waals surface area (Å²) < 4.78 is 0. The first kappa shape index (κ1) is 21.6. The molecular formula is C16H33NaS. The van der Waals surface area contributed by atoms with Gasteiger partial charge in [0.1, 0.15) is 0 Å². The van der Waals surface area contributed by atoms with Gasteiger partial charge >= 0.3 is 29.6 Å². The van der Waals surface area contributed by atoms with Crippen LogP contribution in [0.1, 0.15) is 97.3 Å². The molecule has 0 saturated carbocycles. The van der Waals surface area contributed by atoms with Crippen LogP contribution in [-0.2, 0) is 12.6 Å². The molecule has 0 aliphatic carbocycles. The Kier molecular flexibility index (Phi) is 22.1. The average Bonchev–Trinajstić information content (AvgIpc) is 2.30. The number of hydrogen-bond acceptors (Lipinski definition) is 1. The molecule has 0 saturated heterocycles. The van der Waals surface area contributed by atoms with Crippen molar-refractivity contribution >= 4 is 12.6 Å². The van der Waals surface area contributed by atoms with Crippen molar-refractivity contribution in [3.8, 4) is 0 Å². The summed E-state index contributed by atoms with van der Waals surface area (Å²) in [6.07, 6.45) is 18.4. The third-order valence-corrected chi connectivity index (χ3v) is 3.70. The fourth-order valence-corrected chi connectivity index (χ4v) is 2.44. The number of rotatable bonds is 13. The molecule has 0 N–H and O–H groups in total. The zero-order valence-corrected chi connectivity index (χ0v) is 16.0. The topological polar surface area (TPSA) is 0 Å². The van der Waals surface area contributed by atoms with Gasteiger partial charge in [0.25, 0.3) is 0 Å². The molecule has 1 atom stereocenters. The Morgan fingerprint density at radius 1 is 0.667 bits per heavy atom. The molecule has 0 aromatic rings. The predicted molar refractivity (Wildman–Crippen MR) is 82.5 cm³/mol. The van der Waals surface area contributed by atoms with E-state index in [-0.39, 0.29) is 29.6 Å². The van der Waals surface area contributed by atoms with Crippen molar-refractivity contribution in [3.05, 3.63) is 0 Å². The smallest absolute Gasteiger partial charge is 0.789 e. The summed E-state index contributed by atoms with van der Waals surface area (Å²) in [7, 11) is 0. The Morgan fingerprint density at radius 3 is 1.33 bits per heavy atom. The van der Waals surface area contributed by atoms with Crippen LogP contribution in [0, 0.1) is 0 Å². The predicted octanol–water partition coefficient (Wildman–Crippen LogP) is 3.02. The van der Waals surface area contributed by atoms with Gasteiger partial charge in [-0.05, 0) is 0 Å². The molecule has 0 radical (unpaired) electrons. The molecule has 18 heavy (non-hydrogen) atoms. The maximum Gasteiger partial charge on any atom is 1.00 e. The molecule has 0 rings (SSSR count). The first-order valence-electron chi connectivity index (χ1n) is 7.93. The Hall–Kier alpha value is 1.35. The van der Waals surface area contributed by atoms with Crippen molar-refractivity contribution in [1.29, 1.82) is 0 Å². The van der Waals surface area contributed by atoms with E-state index in [0.717, 1.165) is 0 Å². The molecule has 0 nitrogen and oxygen atoms in total. The monoisotopic (exact) mass is 280 g/mol. The second kappa shape index (κ2) is 18.4. The summed E-state index contributed by atoms with van der Waals surface area (Å²) in [6, 6.07) is 0. The van der Waals surface area contributed by atoms with Crippen LogP contribution < -0.4 is 29.6 Å². The fourth-order valence-electron chi connectivity index (χ4n) is 2.27. The molecule has 0 aromatic heterocycles. The largest absolute Gasteiger partial charge is 1.00 e. The molecule has 0 bridgehead atoms. The van der Waals surface area contributed by atoms with Crippen molar-refractivity contribution in [2.45, 2.75) is 103 Å². The molecule has 0 aliphatic heterocycles. The molecule has 2 heteroatoms. The van der Waals surface area contributed by atoms with Gasteiger partial charge in [-0.3, -0.25) is 0 Å². The second-order valence-electron chi connectivity index (χ2n) is 5.49. The molecule has 0 heterocycles. The molecule has 1 unspecified atom stereocenters. The van der Waals surface area contributed by atoms with Crippen LogP contribution in [0.25, 0.3) is 0 Å². The summed E-state index contributed by atoms with van der Waals surface area (Å²) >= 11 is 5.16. The van der Waals surface area contributed by atoms with Crippen LogP contribution in [0.15, 0.2) is 0 Å². The number of unbranched alkanes of at least 4 members (excludes halogenated alkanes) is 11. The summed E-state index contributed by atoms with van der Waals surface area (Å²) in [5.74, 6) is 0. The van der Waals surface area contributed by atoms with Gasteiger partial charge in [0.15, 0.2) is 0 Å². The van der Waals surface area contributed by atoms with Crippen molar-refractivity contribution in [1.82, 2.24) is 0 Å². The van der Waals surface area contributed by atoms with E-state index in [2.05, 4.69) is 13.8 Å². The minimum atomic E-state index is 0. The van der Waals surface area contributed by atoms with E-state index in [9.17, 15) is 0 Å². The normalized spacial score (nSPS) is 12.2. The summed E-state index contributed by atoms with van der Waals surface area (Å²) in [4.78, 5) is 0. The van der Waals surface area contributed by atoms with E-state index in [1.807, 2.05) is 0 Å². The third-order valence-electron chi connectivity index (χ3n) is 3.46. The van der Waals surface area contributed by atoms with Crippen LogP contribution in [0.5, 0.6) is 0 Å². The van der Waals surface area contributed by atoms with Crippen LogP contribution in [0.2, 0.25) is 0 Å². The zero-order valence-electron chi connectivity index (χ0n) is 13.2. The van der Waals surface area contributed by atoms with E-state index >= 15 is 0 Å². The van der Waals surface area contributed by atoms with Gasteiger partial charge in [-0.1, -0.05) is 97.3 Å². The SMILES string of the molecule is CCCCCCCCCCCCCCC(C)[S-].[Na+]. The standard InChI is InChI=1S/C16H34S.Na/c1-3-4-5-6-7-8-9-10-11-12-13-14-15-16(2)17;/h16-17H,3-15H2,1-2H3;/q;+1/p-1. The molecule has 0 aliphatic rings. The van der Waals surface area contributed by atoms with Crippen LogP contribution >= 0.6 is 0 Å². The molecule has 104 valence electrons. The van der Waals surface area contributed by atoms with E-state index in [0.29, 0.717) is 5.25 Å². The Bertz CT molecular complexity index is 137. The van der Waals surface area contributed by atoms with Crippen LogP contribution in [0.3, 0.4) is 0 Å². The maximum atomic E-state index is 5.16. The van der Waals surface area contributed by atoms with Gasteiger partial charge in [0.05, 0.1) is 0 Å². The van der Waals surface area contributed by atoms with Gasteiger partial charge in [0, 0.05) is 0 Å². The number of hydrogen-bond donors (Lipinski definition) is 0. The van der Waals surface area contributed by atoms with Gasteiger partial charge in [0.2, 0.25) is 0 Å². The first-order valence-corrected chi connectivity index (χ1v) is 8.40. The van der Waals surface area contributed by atoms with Crippen molar-refractivity contribution in [3.63, 3.8) is 0 Å². The summed E-state index contributed by atoms with van der Waals surface area (Å²) in [5.41, 5.74) is 0. The molecule has 0 aromatic carbocycles. The Labute approximate surface area is 144 Å².